The highest BCUT2D eigenvalue weighted by molar-refractivity contribution is 5.90. The van der Waals surface area contributed by atoms with Crippen molar-refractivity contribution in [2.45, 2.75) is 20.3 Å². The van der Waals surface area contributed by atoms with Crippen LogP contribution in [-0.2, 0) is 20.9 Å². The number of nitrogens with one attached hydrogen (secondary N) is 1. The summed E-state index contributed by atoms with van der Waals surface area (Å²) in [6.45, 7) is 3.49. The molecule has 0 aliphatic rings. The first-order valence-electron chi connectivity index (χ1n) is 5.41. The van der Waals surface area contributed by atoms with Crippen LogP contribution in [0.15, 0.2) is 18.2 Å². The van der Waals surface area contributed by atoms with E-state index in [2.05, 4.69) is 5.32 Å². The highest BCUT2D eigenvalue weighted by atomic mass is 16.9. The minimum absolute atomic E-state index is 0.0989. The van der Waals surface area contributed by atoms with Crippen LogP contribution in [0.3, 0.4) is 0 Å². The average molecular weight is 238 g/mol. The van der Waals surface area contributed by atoms with E-state index in [0.29, 0.717) is 0 Å². The Morgan fingerprint density at radius 3 is 2.47 bits per heavy atom. The molecule has 1 N–H and O–H groups in total. The van der Waals surface area contributed by atoms with Crippen molar-refractivity contribution in [3.8, 4) is 0 Å². The van der Waals surface area contributed by atoms with Gasteiger partial charge in [-0.25, -0.2) is 0 Å². The number of hydrogen-bond donors (Lipinski definition) is 1. The zero-order valence-electron chi connectivity index (χ0n) is 10.6. The maximum atomic E-state index is 11.1. The van der Waals surface area contributed by atoms with E-state index in [1.807, 2.05) is 25.1 Å². The van der Waals surface area contributed by atoms with Crippen LogP contribution in [0.1, 0.15) is 19.4 Å². The summed E-state index contributed by atoms with van der Waals surface area (Å²) in [6, 6.07) is 5.56. The number of benzene rings is 1. The van der Waals surface area contributed by atoms with E-state index in [1.54, 1.807) is 0 Å². The van der Waals surface area contributed by atoms with Crippen LogP contribution < -0.4 is 10.5 Å². The topological polar surface area (TPSA) is 50.8 Å². The first kappa shape index (κ1) is 13.5. The number of nitrogens with zero attached hydrogens (tertiary/aromatic N) is 1. The largest absolute Gasteiger partial charge is 0.326 e. The molecule has 0 bridgehead atoms. The van der Waals surface area contributed by atoms with Gasteiger partial charge in [-0.3, -0.25) is 14.5 Å². The van der Waals surface area contributed by atoms with E-state index in [4.69, 9.17) is 9.68 Å². The first-order valence-corrected chi connectivity index (χ1v) is 5.41. The second kappa shape index (κ2) is 6.22. The van der Waals surface area contributed by atoms with Crippen molar-refractivity contribution in [1.82, 2.24) is 0 Å². The molecule has 0 saturated heterocycles. The van der Waals surface area contributed by atoms with Gasteiger partial charge < -0.3 is 5.32 Å². The molecule has 0 saturated carbocycles. The second-order valence-electron chi connectivity index (χ2n) is 3.46. The fourth-order valence-electron chi connectivity index (χ4n) is 1.70. The number of carbonyl (C=O) groups excluding carboxylic acids is 1. The van der Waals surface area contributed by atoms with Crippen molar-refractivity contribution < 1.29 is 14.5 Å². The Kier molecular flexibility index (Phi) is 4.93. The third kappa shape index (κ3) is 3.18. The van der Waals surface area contributed by atoms with Gasteiger partial charge in [0.2, 0.25) is 5.91 Å². The molecule has 1 aromatic carbocycles. The summed E-state index contributed by atoms with van der Waals surface area (Å²) in [7, 11) is 3.04. The summed E-state index contributed by atoms with van der Waals surface area (Å²) in [6.07, 6.45) is 0.759. The summed E-state index contributed by atoms with van der Waals surface area (Å²) in [5, 5.41) is 4.10. The van der Waals surface area contributed by atoms with Crippen molar-refractivity contribution in [3.05, 3.63) is 23.8 Å². The number of carbonyl (C=O) groups is 1. The van der Waals surface area contributed by atoms with E-state index in [-0.39, 0.29) is 5.91 Å². The summed E-state index contributed by atoms with van der Waals surface area (Å²) < 4.78 is 0. The fraction of sp³-hybridized carbons (Fsp3) is 0.417. The van der Waals surface area contributed by atoms with Gasteiger partial charge in [-0.1, -0.05) is 13.0 Å². The second-order valence-corrected chi connectivity index (χ2v) is 3.46. The molecule has 0 heterocycles. The minimum Gasteiger partial charge on any atom is -0.326 e. The Morgan fingerprint density at radius 1 is 1.35 bits per heavy atom. The van der Waals surface area contributed by atoms with Gasteiger partial charge in [0, 0.05) is 18.2 Å². The molecule has 1 rings (SSSR count). The van der Waals surface area contributed by atoms with E-state index in [9.17, 15) is 4.79 Å². The van der Waals surface area contributed by atoms with Gasteiger partial charge in [0.25, 0.3) is 0 Å². The summed E-state index contributed by atoms with van der Waals surface area (Å²) in [4.78, 5) is 21.3. The predicted octanol–water partition coefficient (Wildman–Crippen LogP) is 2.14. The lowest BCUT2D eigenvalue weighted by molar-refractivity contribution is -0.114. The molecule has 0 aliphatic heterocycles. The van der Waals surface area contributed by atoms with Crippen LogP contribution in [0.2, 0.25) is 0 Å². The van der Waals surface area contributed by atoms with Gasteiger partial charge in [0.05, 0.1) is 19.9 Å². The van der Waals surface area contributed by atoms with Gasteiger partial charge in [-0.2, -0.15) is 0 Å². The SMILES string of the molecule is CCc1c(NC(C)=O)cccc1N(OC)OC. The molecule has 1 aromatic rings. The van der Waals surface area contributed by atoms with Crippen molar-refractivity contribution in [3.63, 3.8) is 0 Å². The zero-order valence-corrected chi connectivity index (χ0v) is 10.6. The molecule has 17 heavy (non-hydrogen) atoms. The van der Waals surface area contributed by atoms with Crippen LogP contribution in [0, 0.1) is 0 Å². The van der Waals surface area contributed by atoms with Gasteiger partial charge >= 0.3 is 0 Å². The molecular formula is C12H18N2O3. The number of anilines is 2. The molecule has 1 amide bonds. The Hall–Kier alpha value is -1.59. The molecule has 0 aliphatic carbocycles. The van der Waals surface area contributed by atoms with Gasteiger partial charge in [-0.05, 0) is 18.6 Å². The van der Waals surface area contributed by atoms with Crippen LogP contribution in [0.5, 0.6) is 0 Å². The van der Waals surface area contributed by atoms with E-state index >= 15 is 0 Å². The van der Waals surface area contributed by atoms with E-state index < -0.39 is 0 Å². The molecule has 0 aromatic heterocycles. The van der Waals surface area contributed by atoms with E-state index in [0.717, 1.165) is 23.4 Å². The Balaban J connectivity index is 3.17. The lowest BCUT2D eigenvalue weighted by Gasteiger charge is -2.22. The smallest absolute Gasteiger partial charge is 0.221 e. The lowest BCUT2D eigenvalue weighted by atomic mass is 10.1. The van der Waals surface area contributed by atoms with Crippen LogP contribution in [-0.4, -0.2) is 20.1 Å². The molecule has 94 valence electrons. The molecule has 5 heteroatoms. The number of amides is 1. The average Bonchev–Trinajstić information content (AvgIpc) is 2.30. The summed E-state index contributed by atoms with van der Waals surface area (Å²) in [5.74, 6) is -0.0989. The Labute approximate surface area is 101 Å². The fourth-order valence-corrected chi connectivity index (χ4v) is 1.70. The summed E-state index contributed by atoms with van der Waals surface area (Å²) >= 11 is 0. The van der Waals surface area contributed by atoms with Crippen LogP contribution in [0.4, 0.5) is 11.4 Å². The normalized spacial score (nSPS) is 10.1. The molecule has 0 atom stereocenters. The van der Waals surface area contributed by atoms with Crippen LogP contribution in [0.25, 0.3) is 0 Å². The van der Waals surface area contributed by atoms with Crippen molar-refractivity contribution >= 4 is 17.3 Å². The molecule has 0 unspecified atom stereocenters. The highest BCUT2D eigenvalue weighted by Crippen LogP contribution is 2.28. The first-order chi connectivity index (χ1) is 8.13. The maximum absolute atomic E-state index is 11.1. The monoisotopic (exact) mass is 238 g/mol. The zero-order chi connectivity index (χ0) is 12.8. The lowest BCUT2D eigenvalue weighted by Crippen LogP contribution is -2.22. The van der Waals surface area contributed by atoms with Crippen molar-refractivity contribution in [2.75, 3.05) is 24.8 Å². The Morgan fingerprint density at radius 2 is 2.00 bits per heavy atom. The molecular weight excluding hydrogens is 220 g/mol. The third-order valence-electron chi connectivity index (χ3n) is 2.34. The van der Waals surface area contributed by atoms with Gasteiger partial charge in [0.15, 0.2) is 0 Å². The maximum Gasteiger partial charge on any atom is 0.221 e. The predicted molar refractivity (Wildman–Crippen MR) is 66.6 cm³/mol. The standard InChI is InChI=1S/C12H18N2O3/c1-5-10-11(13-9(2)15)7-6-8-12(10)14(16-3)17-4/h6-8H,5H2,1-4H3,(H,13,15). The number of rotatable bonds is 5. The van der Waals surface area contributed by atoms with Gasteiger partial charge in [-0.15, -0.1) is 5.23 Å². The van der Waals surface area contributed by atoms with Crippen molar-refractivity contribution in [1.29, 1.82) is 0 Å². The minimum atomic E-state index is -0.0989. The third-order valence-corrected chi connectivity index (χ3v) is 2.34. The summed E-state index contributed by atoms with van der Waals surface area (Å²) in [5.41, 5.74) is 2.52. The van der Waals surface area contributed by atoms with E-state index in [1.165, 1.54) is 26.4 Å². The molecule has 0 spiro atoms. The highest BCUT2D eigenvalue weighted by Gasteiger charge is 2.13. The van der Waals surface area contributed by atoms with Crippen molar-refractivity contribution in [2.24, 2.45) is 0 Å². The van der Waals surface area contributed by atoms with Gasteiger partial charge in [0.1, 0.15) is 0 Å². The number of hydrogen-bond acceptors (Lipinski definition) is 4. The molecule has 5 nitrogen and oxygen atoms in total. The van der Waals surface area contributed by atoms with Crippen LogP contribution >= 0.6 is 0 Å². The molecule has 0 radical (unpaired) electrons. The quantitative estimate of drug-likeness (QED) is 0.798. The Bertz CT molecular complexity index is 389. The molecule has 0 fully saturated rings.